The highest BCUT2D eigenvalue weighted by atomic mass is 16.3. The second-order valence-corrected chi connectivity index (χ2v) is 6.85. The molecule has 4 N–H and O–H groups in total. The van der Waals surface area contributed by atoms with Crippen LogP contribution in [-0.2, 0) is 11.2 Å². The molecule has 5 atom stereocenters. The van der Waals surface area contributed by atoms with Crippen molar-refractivity contribution in [3.05, 3.63) is 36.0 Å². The summed E-state index contributed by atoms with van der Waals surface area (Å²) >= 11 is 0. The van der Waals surface area contributed by atoms with Gasteiger partial charge in [-0.15, -0.1) is 0 Å². The van der Waals surface area contributed by atoms with Gasteiger partial charge in [0.25, 0.3) is 0 Å². The van der Waals surface area contributed by atoms with Crippen LogP contribution >= 0.6 is 0 Å². The number of hydrogen-bond acceptors (Lipinski definition) is 4. The lowest BCUT2D eigenvalue weighted by atomic mass is 9.74. The summed E-state index contributed by atoms with van der Waals surface area (Å²) in [5.41, 5.74) is 2.07. The molecule has 1 aromatic heterocycles. The fraction of sp³-hybridized carbons (Fsp3) is 0.500. The lowest BCUT2D eigenvalue weighted by molar-refractivity contribution is -0.122. The Morgan fingerprint density at radius 3 is 2.87 bits per heavy atom. The Kier molecular flexibility index (Phi) is 3.71. The van der Waals surface area contributed by atoms with Crippen molar-refractivity contribution in [2.45, 2.75) is 37.5 Å². The molecular formula is C18H22N2O3. The van der Waals surface area contributed by atoms with Crippen molar-refractivity contribution in [1.29, 1.82) is 0 Å². The molecule has 1 aliphatic heterocycles. The van der Waals surface area contributed by atoms with Gasteiger partial charge in [-0.3, -0.25) is 4.79 Å². The molecule has 1 aliphatic carbocycles. The molecule has 0 spiro atoms. The lowest BCUT2D eigenvalue weighted by Crippen LogP contribution is -2.45. The Morgan fingerprint density at radius 2 is 2.00 bits per heavy atom. The van der Waals surface area contributed by atoms with E-state index < -0.39 is 12.2 Å². The number of hydrogen-bond donors (Lipinski definition) is 4. The normalized spacial score (nSPS) is 33.7. The van der Waals surface area contributed by atoms with E-state index in [4.69, 9.17) is 0 Å². The maximum atomic E-state index is 12.8. The van der Waals surface area contributed by atoms with Gasteiger partial charge in [-0.2, -0.15) is 0 Å². The number of carbonyl (C=O) groups excluding carboxylic acids is 1. The molecule has 0 radical (unpaired) electrons. The Hall–Kier alpha value is -1.69. The van der Waals surface area contributed by atoms with E-state index in [9.17, 15) is 15.0 Å². The van der Waals surface area contributed by atoms with E-state index >= 15 is 0 Å². The molecule has 5 heteroatoms. The average molecular weight is 314 g/mol. The van der Waals surface area contributed by atoms with Gasteiger partial charge < -0.3 is 20.5 Å². The number of para-hydroxylation sites is 1. The van der Waals surface area contributed by atoms with Gasteiger partial charge in [0.1, 0.15) is 0 Å². The van der Waals surface area contributed by atoms with Crippen LogP contribution in [0.5, 0.6) is 0 Å². The predicted octanol–water partition coefficient (Wildman–Crippen LogP) is 0.999. The molecule has 1 aromatic carbocycles. The molecule has 1 saturated carbocycles. The first kappa shape index (κ1) is 14.9. The van der Waals surface area contributed by atoms with Gasteiger partial charge in [0, 0.05) is 36.0 Å². The standard InChI is InChI=1S/C18H22N2O3/c21-15-6-5-12-13(18(15)23)9-20-17(12)16(22)7-10-8-19-14-4-2-1-3-11(10)14/h1-4,8,12-13,15,17-21,23H,5-7,9H2. The van der Waals surface area contributed by atoms with E-state index in [1.807, 2.05) is 30.5 Å². The average Bonchev–Trinajstić information content (AvgIpc) is 3.16. The third kappa shape index (κ3) is 2.49. The molecule has 2 heterocycles. The highest BCUT2D eigenvalue weighted by Crippen LogP contribution is 2.37. The Balaban J connectivity index is 1.52. The fourth-order valence-electron chi connectivity index (χ4n) is 4.32. The van der Waals surface area contributed by atoms with Crippen molar-refractivity contribution >= 4 is 16.7 Å². The van der Waals surface area contributed by atoms with Crippen LogP contribution in [-0.4, -0.2) is 45.8 Å². The van der Waals surface area contributed by atoms with E-state index in [1.54, 1.807) is 0 Å². The monoisotopic (exact) mass is 314 g/mol. The highest BCUT2D eigenvalue weighted by Gasteiger charge is 2.47. The molecule has 5 unspecified atom stereocenters. The van der Waals surface area contributed by atoms with Gasteiger partial charge in [0.05, 0.1) is 18.2 Å². The van der Waals surface area contributed by atoms with E-state index in [0.717, 1.165) is 22.9 Å². The molecule has 2 fully saturated rings. The summed E-state index contributed by atoms with van der Waals surface area (Å²) in [5.74, 6) is 0.285. The zero-order chi connectivity index (χ0) is 16.0. The van der Waals surface area contributed by atoms with E-state index in [1.165, 1.54) is 0 Å². The summed E-state index contributed by atoms with van der Waals surface area (Å²) in [6.45, 7) is 0.604. The highest BCUT2D eigenvalue weighted by molar-refractivity contribution is 5.92. The number of ketones is 1. The van der Waals surface area contributed by atoms with Crippen LogP contribution in [0.25, 0.3) is 10.9 Å². The lowest BCUT2D eigenvalue weighted by Gasteiger charge is -2.35. The fourth-order valence-corrected chi connectivity index (χ4v) is 4.32. The number of nitrogens with one attached hydrogen (secondary N) is 2. The molecular weight excluding hydrogens is 292 g/mol. The number of aliphatic hydroxyl groups is 2. The van der Waals surface area contributed by atoms with Gasteiger partial charge in [-0.05, 0) is 30.4 Å². The Morgan fingerprint density at radius 1 is 1.17 bits per heavy atom. The number of aromatic nitrogens is 1. The maximum absolute atomic E-state index is 12.8. The van der Waals surface area contributed by atoms with Gasteiger partial charge in [0.15, 0.2) is 5.78 Å². The van der Waals surface area contributed by atoms with E-state index in [-0.39, 0.29) is 23.7 Å². The number of rotatable bonds is 3. The quantitative estimate of drug-likeness (QED) is 0.681. The smallest absolute Gasteiger partial charge is 0.154 e. The molecule has 1 saturated heterocycles. The second-order valence-electron chi connectivity index (χ2n) is 6.85. The van der Waals surface area contributed by atoms with Gasteiger partial charge in [0.2, 0.25) is 0 Å². The molecule has 0 bridgehead atoms. The SMILES string of the molecule is O=C(Cc1c[nH]c2ccccc12)C1NCC2C(O)C(O)CCC12. The third-order valence-electron chi connectivity index (χ3n) is 5.57. The summed E-state index contributed by atoms with van der Waals surface area (Å²) in [5, 5.41) is 24.3. The van der Waals surface area contributed by atoms with Crippen molar-refractivity contribution in [3.63, 3.8) is 0 Å². The molecule has 23 heavy (non-hydrogen) atoms. The van der Waals surface area contributed by atoms with Crippen LogP contribution in [0.1, 0.15) is 18.4 Å². The predicted molar refractivity (Wildman–Crippen MR) is 87.0 cm³/mol. The zero-order valence-electron chi connectivity index (χ0n) is 12.9. The van der Waals surface area contributed by atoms with Crippen LogP contribution in [0, 0.1) is 11.8 Å². The summed E-state index contributed by atoms with van der Waals surface area (Å²) in [6.07, 6.45) is 2.30. The number of aliphatic hydroxyl groups excluding tert-OH is 2. The van der Waals surface area contributed by atoms with Crippen LogP contribution in [0.2, 0.25) is 0 Å². The van der Waals surface area contributed by atoms with Gasteiger partial charge >= 0.3 is 0 Å². The molecule has 0 amide bonds. The van der Waals surface area contributed by atoms with E-state index in [2.05, 4.69) is 10.3 Å². The summed E-state index contributed by atoms with van der Waals surface area (Å²) in [6, 6.07) is 7.78. The van der Waals surface area contributed by atoms with Crippen molar-refractivity contribution in [1.82, 2.24) is 10.3 Å². The van der Waals surface area contributed by atoms with Crippen molar-refractivity contribution < 1.29 is 15.0 Å². The van der Waals surface area contributed by atoms with Gasteiger partial charge in [-0.1, -0.05) is 18.2 Å². The van der Waals surface area contributed by atoms with Crippen LogP contribution in [0.3, 0.4) is 0 Å². The first-order valence-electron chi connectivity index (χ1n) is 8.32. The largest absolute Gasteiger partial charge is 0.390 e. The first-order valence-corrected chi connectivity index (χ1v) is 8.32. The minimum Gasteiger partial charge on any atom is -0.390 e. The first-order chi connectivity index (χ1) is 11.1. The van der Waals surface area contributed by atoms with Crippen LogP contribution < -0.4 is 5.32 Å². The van der Waals surface area contributed by atoms with E-state index in [0.29, 0.717) is 19.4 Å². The second kappa shape index (κ2) is 5.74. The summed E-state index contributed by atoms with van der Waals surface area (Å²) in [7, 11) is 0. The maximum Gasteiger partial charge on any atom is 0.154 e. The number of carbonyl (C=O) groups is 1. The summed E-state index contributed by atoms with van der Waals surface area (Å²) in [4.78, 5) is 16.0. The zero-order valence-corrected chi connectivity index (χ0v) is 12.9. The minimum atomic E-state index is -0.716. The minimum absolute atomic E-state index is 0.0179. The number of fused-ring (bicyclic) bond motifs is 2. The van der Waals surface area contributed by atoms with Crippen LogP contribution in [0.4, 0.5) is 0 Å². The van der Waals surface area contributed by atoms with Gasteiger partial charge in [-0.25, -0.2) is 0 Å². The van der Waals surface area contributed by atoms with Crippen molar-refractivity contribution in [2.75, 3.05) is 6.54 Å². The molecule has 4 rings (SSSR count). The number of H-pyrrole nitrogens is 1. The third-order valence-corrected chi connectivity index (χ3v) is 5.57. The summed E-state index contributed by atoms with van der Waals surface area (Å²) < 4.78 is 0. The van der Waals surface area contributed by atoms with Crippen LogP contribution in [0.15, 0.2) is 30.5 Å². The molecule has 2 aromatic rings. The molecule has 2 aliphatic rings. The molecule has 122 valence electrons. The number of Topliss-reactive ketones (excluding diaryl/α,β-unsaturated/α-hetero) is 1. The number of benzene rings is 1. The Bertz CT molecular complexity index is 726. The topological polar surface area (TPSA) is 85.4 Å². The Labute approximate surface area is 134 Å². The van der Waals surface area contributed by atoms with Crippen molar-refractivity contribution in [3.8, 4) is 0 Å². The number of aromatic amines is 1. The molecule has 5 nitrogen and oxygen atoms in total. The van der Waals surface area contributed by atoms with Crippen molar-refractivity contribution in [2.24, 2.45) is 11.8 Å².